The summed E-state index contributed by atoms with van der Waals surface area (Å²) in [5.74, 6) is -5.19. The van der Waals surface area contributed by atoms with E-state index in [-0.39, 0.29) is 178 Å². The standard InChI is InChI=1S/2C10H8N2.6C9H10O3.2Ce.4H2O/c2*1-3-7-11-9(5-1)10-6-2-4-8-12-10;6*10-8-4-1-7(2-5-8)3-6-9(11)12;;;;;;/h2*1-8H;6*1-2,4-5,10H,3,6H2,(H,11,12);;;4*1H2/q;;;;;;;;2*+3;;;;/p-6. The molecule has 0 saturated heterocycles. The van der Waals surface area contributed by atoms with Crippen LogP contribution in [0.3, 0.4) is 0 Å². The van der Waals surface area contributed by atoms with E-state index in [9.17, 15) is 59.4 Å². The minimum absolute atomic E-state index is 0. The van der Waals surface area contributed by atoms with Gasteiger partial charge in [0.2, 0.25) is 0 Å². The van der Waals surface area contributed by atoms with Gasteiger partial charge in [-0.2, -0.15) is 0 Å². The number of hydrogen-bond donors (Lipinski definition) is 6. The average molecular weight is 1660 g/mol. The second kappa shape index (κ2) is 58.9. The average Bonchev–Trinajstić information content (AvgIpc) is 0.829. The van der Waals surface area contributed by atoms with E-state index < -0.39 is 35.8 Å². The third-order valence-electron chi connectivity index (χ3n) is 12.5. The minimum Gasteiger partial charge on any atom is -0.550 e. The number of carboxylic acids is 6. The summed E-state index contributed by atoms with van der Waals surface area (Å²) < 4.78 is 0. The Labute approximate surface area is 656 Å². The van der Waals surface area contributed by atoms with Gasteiger partial charge in [0, 0.05) is 60.6 Å². The van der Waals surface area contributed by atoms with Crippen LogP contribution in [0.25, 0.3) is 22.8 Å². The Balaban J connectivity index is -0.000000534. The molecule has 28 heteroatoms. The predicted molar refractivity (Wildman–Crippen MR) is 358 cm³/mol. The largest absolute Gasteiger partial charge is 3.00 e. The Bertz CT molecular complexity index is 3210. The smallest absolute Gasteiger partial charge is 0.550 e. The van der Waals surface area contributed by atoms with Gasteiger partial charge in [0.1, 0.15) is 34.5 Å². The summed E-state index contributed by atoms with van der Waals surface area (Å²) >= 11 is 0. The van der Waals surface area contributed by atoms with Crippen LogP contribution >= 0.6 is 0 Å². The molecule has 0 spiro atoms. The summed E-state index contributed by atoms with van der Waals surface area (Å²) in [5, 5.41) is 114. The fourth-order valence-corrected chi connectivity index (χ4v) is 7.51. The second-order valence-electron chi connectivity index (χ2n) is 20.1. The molecule has 10 aromatic rings. The number of aliphatic carboxylic acids is 6. The van der Waals surface area contributed by atoms with Gasteiger partial charge in [0.25, 0.3) is 0 Å². The molecule has 102 heavy (non-hydrogen) atoms. The Hall–Kier alpha value is -9.87. The van der Waals surface area contributed by atoms with E-state index in [0.717, 1.165) is 56.2 Å². The number of carbonyl (C=O) groups excluding carboxylic acids is 6. The third kappa shape index (κ3) is 49.6. The van der Waals surface area contributed by atoms with Crippen molar-refractivity contribution in [2.45, 2.75) is 77.0 Å². The van der Waals surface area contributed by atoms with Crippen molar-refractivity contribution in [3.05, 3.63) is 277 Å². The van der Waals surface area contributed by atoms with Crippen LogP contribution < -0.4 is 30.6 Å². The number of aromatic nitrogens is 4. The first kappa shape index (κ1) is 98.5. The van der Waals surface area contributed by atoms with Crippen molar-refractivity contribution in [3.8, 4) is 57.3 Å². The topological polar surface area (TPSA) is 540 Å². The summed E-state index contributed by atoms with van der Waals surface area (Å²) in [6.07, 6.45) is 9.87. The monoisotopic (exact) mass is 1650 g/mol. The molecule has 0 aliphatic carbocycles. The zero-order chi connectivity index (χ0) is 70.3. The molecular formula is C74H78Ce2N4O22. The summed E-state index contributed by atoms with van der Waals surface area (Å²) in [4.78, 5) is 77.2. The number of pyridine rings is 4. The molecule has 0 aliphatic heterocycles. The molecule has 10 rings (SSSR count). The van der Waals surface area contributed by atoms with E-state index in [0.29, 0.717) is 38.5 Å². The number of phenolic OH excluding ortho intramolecular Hbond substituents is 6. The first-order valence-electron chi connectivity index (χ1n) is 29.5. The molecule has 4 aromatic heterocycles. The molecule has 0 fully saturated rings. The van der Waals surface area contributed by atoms with Crippen molar-refractivity contribution >= 4 is 35.8 Å². The van der Waals surface area contributed by atoms with Crippen molar-refractivity contribution in [2.24, 2.45) is 0 Å². The number of hydrogen-bond acceptors (Lipinski definition) is 22. The maximum absolute atomic E-state index is 10.1. The van der Waals surface area contributed by atoms with Gasteiger partial charge >= 0.3 is 83.5 Å². The summed E-state index contributed by atoms with van der Waals surface area (Å²) in [7, 11) is 0. The Morgan fingerprint density at radius 2 is 0.353 bits per heavy atom. The minimum atomic E-state index is -1.05. The number of benzene rings is 6. The molecule has 0 bridgehead atoms. The van der Waals surface area contributed by atoms with Gasteiger partial charge in [-0.15, -0.1) is 0 Å². The van der Waals surface area contributed by atoms with Crippen LogP contribution in [0.15, 0.2) is 243 Å². The fourth-order valence-electron chi connectivity index (χ4n) is 7.51. The van der Waals surface area contributed by atoms with E-state index >= 15 is 0 Å². The first-order valence-corrected chi connectivity index (χ1v) is 29.5. The number of carbonyl (C=O) groups is 6. The molecule has 0 amide bonds. The molecule has 14 N–H and O–H groups in total. The number of aryl methyl sites for hydroxylation is 6. The van der Waals surface area contributed by atoms with Gasteiger partial charge in [0.05, 0.1) is 22.8 Å². The van der Waals surface area contributed by atoms with Gasteiger partial charge in [-0.05, 0) is 232 Å². The predicted octanol–water partition coefficient (Wildman–Crippen LogP) is 1.44. The molecule has 0 atom stereocenters. The molecule has 26 nitrogen and oxygen atoms in total. The summed E-state index contributed by atoms with van der Waals surface area (Å²) in [5.41, 5.74) is 8.98. The molecular weight excluding hydrogens is 1580 g/mol. The summed E-state index contributed by atoms with van der Waals surface area (Å²) in [6, 6.07) is 61.9. The molecule has 4 heterocycles. The van der Waals surface area contributed by atoms with Gasteiger partial charge < -0.3 is 112 Å². The third-order valence-corrected chi connectivity index (χ3v) is 12.5. The van der Waals surface area contributed by atoms with E-state index in [2.05, 4.69) is 19.9 Å². The van der Waals surface area contributed by atoms with Gasteiger partial charge in [-0.25, -0.2) is 0 Å². The van der Waals surface area contributed by atoms with Gasteiger partial charge in [-0.1, -0.05) is 97.1 Å². The Morgan fingerprint density at radius 3 is 0.451 bits per heavy atom. The fraction of sp³-hybridized carbons (Fsp3) is 0.162. The molecule has 0 saturated carbocycles. The Kier molecular flexibility index (Phi) is 56.9. The normalized spacial score (nSPS) is 9.10. The van der Waals surface area contributed by atoms with E-state index in [1.807, 2.05) is 72.8 Å². The van der Waals surface area contributed by atoms with E-state index in [1.165, 1.54) is 72.8 Å². The number of aromatic hydroxyl groups is 6. The van der Waals surface area contributed by atoms with E-state index in [1.54, 1.807) is 97.6 Å². The number of phenols is 6. The number of carboxylic acid groups (broad SMARTS) is 6. The molecule has 0 aliphatic rings. The van der Waals surface area contributed by atoms with Crippen LogP contribution in [0.1, 0.15) is 71.9 Å². The molecule has 6 aromatic carbocycles. The van der Waals surface area contributed by atoms with Gasteiger partial charge in [-0.3, -0.25) is 19.9 Å². The van der Waals surface area contributed by atoms with Crippen molar-refractivity contribution in [2.75, 3.05) is 0 Å². The van der Waals surface area contributed by atoms with E-state index in [4.69, 9.17) is 30.6 Å². The maximum Gasteiger partial charge on any atom is 3.00 e. The zero-order valence-corrected chi connectivity index (χ0v) is 61.2. The maximum atomic E-state index is 10.1. The Morgan fingerprint density at radius 1 is 0.225 bits per heavy atom. The van der Waals surface area contributed by atoms with Crippen LogP contribution in [0.5, 0.6) is 34.5 Å². The SMILES string of the molecule is O.O.O.O.O=C([O-])CCc1ccc(O)cc1.O=C([O-])CCc1ccc(O)cc1.O=C([O-])CCc1ccc(O)cc1.O=C([O-])CCc1ccc(O)cc1.O=C([O-])CCc1ccc(O)cc1.O=C([O-])CCc1ccc(O)cc1.[Ce+3].[Ce+3].c1ccc(-c2ccccn2)nc1.c1ccc(-c2ccccn2)nc1. The van der Waals surface area contributed by atoms with Crippen LogP contribution in [0.2, 0.25) is 0 Å². The zero-order valence-electron chi connectivity index (χ0n) is 55.0. The molecule has 534 valence electrons. The quantitative estimate of drug-likeness (QED) is 0.0628. The summed E-state index contributed by atoms with van der Waals surface area (Å²) in [6.45, 7) is 0. The van der Waals surface area contributed by atoms with Crippen LogP contribution in [-0.4, -0.2) is 108 Å². The van der Waals surface area contributed by atoms with Crippen molar-refractivity contribution < 1.29 is 195 Å². The second-order valence-corrected chi connectivity index (χ2v) is 20.1. The van der Waals surface area contributed by atoms with Crippen molar-refractivity contribution in [3.63, 3.8) is 0 Å². The van der Waals surface area contributed by atoms with Crippen LogP contribution in [0.4, 0.5) is 0 Å². The van der Waals surface area contributed by atoms with Crippen molar-refractivity contribution in [1.82, 2.24) is 19.9 Å². The van der Waals surface area contributed by atoms with Gasteiger partial charge in [0.15, 0.2) is 0 Å². The van der Waals surface area contributed by atoms with Crippen molar-refractivity contribution in [1.29, 1.82) is 0 Å². The van der Waals surface area contributed by atoms with Crippen LogP contribution in [0, 0.1) is 83.5 Å². The number of nitrogens with zero attached hydrogens (tertiary/aromatic N) is 4. The molecule has 2 radical (unpaired) electrons. The number of rotatable bonds is 20. The molecule has 0 unspecified atom stereocenters. The first-order chi connectivity index (χ1) is 46.0. The van der Waals surface area contributed by atoms with Crippen LogP contribution in [-0.2, 0) is 67.3 Å².